The number of hydrogen-bond acceptors (Lipinski definition) is 6. The van der Waals surface area contributed by atoms with Crippen LogP contribution in [0.5, 0.6) is 0 Å². The van der Waals surface area contributed by atoms with Gasteiger partial charge in [-0.25, -0.2) is 14.8 Å². The Bertz CT molecular complexity index is 513. The average molecular weight is 292 g/mol. The molecule has 1 saturated heterocycles. The lowest BCUT2D eigenvalue weighted by molar-refractivity contribution is -0.130. The Morgan fingerprint density at radius 2 is 2.10 bits per heavy atom. The lowest BCUT2D eigenvalue weighted by atomic mass is 9.97. The normalized spacial score (nSPS) is 15.6. The highest BCUT2D eigenvalue weighted by atomic mass is 16.5. The number of likely N-dealkylation sites (tertiary alicyclic amines) is 1. The van der Waals surface area contributed by atoms with E-state index in [2.05, 4.69) is 20.0 Å². The molecular weight excluding hydrogens is 272 g/mol. The van der Waals surface area contributed by atoms with Crippen LogP contribution in [-0.2, 0) is 9.53 Å². The van der Waals surface area contributed by atoms with Gasteiger partial charge < -0.3 is 15.0 Å². The van der Waals surface area contributed by atoms with Crippen molar-refractivity contribution < 1.29 is 14.3 Å². The highest BCUT2D eigenvalue weighted by Gasteiger charge is 2.20. The number of amides is 1. The number of hydrogen-bond donors (Lipinski definition) is 1. The largest absolute Gasteiger partial charge is 0.464 e. The monoisotopic (exact) mass is 292 g/mol. The van der Waals surface area contributed by atoms with Crippen molar-refractivity contribution in [1.29, 1.82) is 0 Å². The minimum Gasteiger partial charge on any atom is -0.464 e. The Morgan fingerprint density at radius 3 is 2.71 bits per heavy atom. The Morgan fingerprint density at radius 1 is 1.38 bits per heavy atom. The number of ether oxygens (including phenoxy) is 1. The molecule has 0 unspecified atom stereocenters. The molecule has 2 heterocycles. The summed E-state index contributed by atoms with van der Waals surface area (Å²) >= 11 is 0. The number of nitrogens with one attached hydrogen (secondary N) is 1. The molecule has 114 valence electrons. The van der Waals surface area contributed by atoms with Crippen LogP contribution in [0, 0.1) is 5.92 Å². The number of carbonyl (C=O) groups excluding carboxylic acids is 2. The smallest absolute Gasteiger partial charge is 0.356 e. The predicted molar refractivity (Wildman–Crippen MR) is 76.8 cm³/mol. The SMILES string of the molecule is COC(=O)c1cc(NCC2CCN(C(C)=O)CC2)ncn1. The summed E-state index contributed by atoms with van der Waals surface area (Å²) in [6.07, 6.45) is 3.29. The third-order valence-electron chi connectivity index (χ3n) is 3.69. The maximum absolute atomic E-state index is 11.4. The maximum Gasteiger partial charge on any atom is 0.356 e. The molecular formula is C14H20N4O3. The zero-order valence-corrected chi connectivity index (χ0v) is 12.3. The molecule has 0 aliphatic carbocycles. The number of anilines is 1. The molecule has 0 spiro atoms. The van der Waals surface area contributed by atoms with Crippen molar-refractivity contribution in [3.05, 3.63) is 18.1 Å². The average Bonchev–Trinajstić information content (AvgIpc) is 2.52. The summed E-state index contributed by atoms with van der Waals surface area (Å²) in [6.45, 7) is 3.98. The summed E-state index contributed by atoms with van der Waals surface area (Å²) in [5.74, 6) is 0.770. The molecule has 1 N–H and O–H groups in total. The van der Waals surface area contributed by atoms with Crippen LogP contribution < -0.4 is 5.32 Å². The standard InChI is InChI=1S/C14H20N4O3/c1-10(19)18-5-3-11(4-6-18)8-15-13-7-12(14(20)21-2)16-9-17-13/h7,9,11H,3-6,8H2,1-2H3,(H,15,16,17). The minimum absolute atomic E-state index is 0.139. The molecule has 0 atom stereocenters. The molecule has 1 aliphatic rings. The lowest BCUT2D eigenvalue weighted by Gasteiger charge is -2.31. The molecule has 1 fully saturated rings. The van der Waals surface area contributed by atoms with Crippen molar-refractivity contribution >= 4 is 17.7 Å². The highest BCUT2D eigenvalue weighted by Crippen LogP contribution is 2.18. The lowest BCUT2D eigenvalue weighted by Crippen LogP contribution is -2.38. The van der Waals surface area contributed by atoms with E-state index in [-0.39, 0.29) is 11.6 Å². The fourth-order valence-electron chi connectivity index (χ4n) is 2.37. The van der Waals surface area contributed by atoms with Crippen molar-refractivity contribution in [2.24, 2.45) is 5.92 Å². The van der Waals surface area contributed by atoms with Crippen molar-refractivity contribution in [2.75, 3.05) is 32.1 Å². The Kier molecular flexibility index (Phi) is 5.08. The van der Waals surface area contributed by atoms with E-state index in [9.17, 15) is 9.59 Å². The fraction of sp³-hybridized carbons (Fsp3) is 0.571. The van der Waals surface area contributed by atoms with E-state index < -0.39 is 5.97 Å². The van der Waals surface area contributed by atoms with Gasteiger partial charge in [-0.1, -0.05) is 0 Å². The van der Waals surface area contributed by atoms with Crippen LogP contribution in [0.15, 0.2) is 12.4 Å². The number of carbonyl (C=O) groups is 2. The number of aromatic nitrogens is 2. The Labute approximate surface area is 123 Å². The fourth-order valence-corrected chi connectivity index (χ4v) is 2.37. The van der Waals surface area contributed by atoms with Gasteiger partial charge in [0.25, 0.3) is 0 Å². The zero-order valence-electron chi connectivity index (χ0n) is 12.3. The molecule has 7 nitrogen and oxygen atoms in total. The number of piperidine rings is 1. The van der Waals surface area contributed by atoms with Gasteiger partial charge in [0.2, 0.25) is 5.91 Å². The summed E-state index contributed by atoms with van der Waals surface area (Å²) in [4.78, 5) is 32.5. The second kappa shape index (κ2) is 7.01. The van der Waals surface area contributed by atoms with E-state index in [0.29, 0.717) is 11.7 Å². The van der Waals surface area contributed by atoms with Gasteiger partial charge >= 0.3 is 5.97 Å². The van der Waals surface area contributed by atoms with Crippen LogP contribution in [0.3, 0.4) is 0 Å². The molecule has 1 amide bonds. The Balaban J connectivity index is 1.84. The van der Waals surface area contributed by atoms with Crippen LogP contribution in [0.25, 0.3) is 0 Å². The first-order valence-corrected chi connectivity index (χ1v) is 7.00. The van der Waals surface area contributed by atoms with Gasteiger partial charge in [0, 0.05) is 32.6 Å². The van der Waals surface area contributed by atoms with Crippen LogP contribution >= 0.6 is 0 Å². The van der Waals surface area contributed by atoms with Crippen LogP contribution in [0.2, 0.25) is 0 Å². The maximum atomic E-state index is 11.4. The third kappa shape index (κ3) is 4.14. The summed E-state index contributed by atoms with van der Waals surface area (Å²) in [5.41, 5.74) is 0.237. The number of rotatable bonds is 4. The summed E-state index contributed by atoms with van der Waals surface area (Å²) in [6, 6.07) is 1.58. The first-order chi connectivity index (χ1) is 10.1. The molecule has 2 rings (SSSR count). The molecule has 21 heavy (non-hydrogen) atoms. The van der Waals surface area contributed by atoms with Gasteiger partial charge in [-0.05, 0) is 18.8 Å². The van der Waals surface area contributed by atoms with Gasteiger partial charge in [-0.3, -0.25) is 4.79 Å². The molecule has 0 radical (unpaired) electrons. The molecule has 1 aromatic rings. The summed E-state index contributed by atoms with van der Waals surface area (Å²) in [5, 5.41) is 3.22. The van der Waals surface area contributed by atoms with E-state index in [1.807, 2.05) is 4.90 Å². The van der Waals surface area contributed by atoms with Crippen molar-refractivity contribution in [2.45, 2.75) is 19.8 Å². The molecule has 0 saturated carbocycles. The first kappa shape index (κ1) is 15.2. The second-order valence-corrected chi connectivity index (χ2v) is 5.11. The van der Waals surface area contributed by atoms with E-state index in [1.165, 1.54) is 13.4 Å². The summed E-state index contributed by atoms with van der Waals surface area (Å²) < 4.78 is 4.63. The van der Waals surface area contributed by atoms with Crippen molar-refractivity contribution in [3.8, 4) is 0 Å². The van der Waals surface area contributed by atoms with Crippen LogP contribution in [0.1, 0.15) is 30.3 Å². The van der Waals surface area contributed by atoms with Crippen LogP contribution in [-0.4, -0.2) is 53.5 Å². The number of nitrogens with zero attached hydrogens (tertiary/aromatic N) is 3. The van der Waals surface area contributed by atoms with E-state index >= 15 is 0 Å². The van der Waals surface area contributed by atoms with Gasteiger partial charge in [0.15, 0.2) is 5.69 Å². The number of esters is 1. The van der Waals surface area contributed by atoms with Gasteiger partial charge in [-0.15, -0.1) is 0 Å². The molecule has 0 aromatic carbocycles. The van der Waals surface area contributed by atoms with E-state index in [4.69, 9.17) is 0 Å². The quantitative estimate of drug-likeness (QED) is 0.831. The van der Waals surface area contributed by atoms with Crippen LogP contribution in [0.4, 0.5) is 5.82 Å². The van der Waals surface area contributed by atoms with Gasteiger partial charge in [0.05, 0.1) is 7.11 Å². The topological polar surface area (TPSA) is 84.4 Å². The van der Waals surface area contributed by atoms with Gasteiger partial charge in [0.1, 0.15) is 12.1 Å². The predicted octanol–water partition coefficient (Wildman–Crippen LogP) is 0.934. The van der Waals surface area contributed by atoms with E-state index in [0.717, 1.165) is 32.5 Å². The molecule has 7 heteroatoms. The molecule has 1 aromatic heterocycles. The molecule has 0 bridgehead atoms. The van der Waals surface area contributed by atoms with Gasteiger partial charge in [-0.2, -0.15) is 0 Å². The van der Waals surface area contributed by atoms with Crippen molar-refractivity contribution in [1.82, 2.24) is 14.9 Å². The summed E-state index contributed by atoms with van der Waals surface area (Å²) in [7, 11) is 1.32. The zero-order chi connectivity index (χ0) is 15.2. The molecule has 1 aliphatic heterocycles. The Hall–Kier alpha value is -2.18. The van der Waals surface area contributed by atoms with Crippen molar-refractivity contribution in [3.63, 3.8) is 0 Å². The third-order valence-corrected chi connectivity index (χ3v) is 3.69. The minimum atomic E-state index is -0.477. The second-order valence-electron chi connectivity index (χ2n) is 5.11. The van der Waals surface area contributed by atoms with E-state index in [1.54, 1.807) is 13.0 Å². The first-order valence-electron chi connectivity index (χ1n) is 7.00. The number of methoxy groups -OCH3 is 1. The highest BCUT2D eigenvalue weighted by molar-refractivity contribution is 5.87.